The summed E-state index contributed by atoms with van der Waals surface area (Å²) in [5, 5.41) is 10.7. The Kier molecular flexibility index (Phi) is 4.77. The van der Waals surface area contributed by atoms with E-state index in [-0.39, 0.29) is 0 Å². The Bertz CT molecular complexity index is 389. The van der Waals surface area contributed by atoms with Crippen LogP contribution in [0.25, 0.3) is 0 Å². The molecular weight excluding hydrogens is 256 g/mol. The van der Waals surface area contributed by atoms with Crippen LogP contribution in [0.1, 0.15) is 12.8 Å². The number of hydrogen-bond donors (Lipinski definition) is 1. The van der Waals surface area contributed by atoms with Crippen LogP contribution in [0.15, 0.2) is 41.0 Å². The number of thioether (sulfide) groups is 1. The van der Waals surface area contributed by atoms with Crippen molar-refractivity contribution >= 4 is 23.4 Å². The summed E-state index contributed by atoms with van der Waals surface area (Å²) in [5.41, 5.74) is 0. The first-order valence-corrected chi connectivity index (χ1v) is 7.01. The summed E-state index contributed by atoms with van der Waals surface area (Å²) in [6.45, 7) is 0.717. The van der Waals surface area contributed by atoms with Gasteiger partial charge in [0.25, 0.3) is 0 Å². The number of rotatable bonds is 4. The van der Waals surface area contributed by atoms with Gasteiger partial charge in [-0.1, -0.05) is 11.6 Å². The van der Waals surface area contributed by atoms with Crippen LogP contribution < -0.4 is 0 Å². The highest BCUT2D eigenvalue weighted by atomic mass is 35.5. The molecule has 1 aromatic carbocycles. The third-order valence-corrected chi connectivity index (χ3v) is 3.85. The Labute approximate surface area is 111 Å². The summed E-state index contributed by atoms with van der Waals surface area (Å²) >= 11 is 7.41. The summed E-state index contributed by atoms with van der Waals surface area (Å²) in [6.07, 6.45) is 3.51. The zero-order chi connectivity index (χ0) is 12.1. The molecule has 0 spiro atoms. The van der Waals surface area contributed by atoms with Crippen LogP contribution in [0, 0.1) is 0 Å². The Hall–Kier alpha value is -0.640. The van der Waals surface area contributed by atoms with E-state index in [2.05, 4.69) is 0 Å². The molecule has 1 aliphatic rings. The van der Waals surface area contributed by atoms with Gasteiger partial charge < -0.3 is 9.84 Å². The first-order valence-electron chi connectivity index (χ1n) is 5.65. The number of benzene rings is 1. The second-order valence-corrected chi connectivity index (χ2v) is 5.41. The van der Waals surface area contributed by atoms with Gasteiger partial charge in [0.15, 0.2) is 0 Å². The molecule has 4 heteroatoms. The van der Waals surface area contributed by atoms with Crippen LogP contribution in [-0.4, -0.2) is 23.6 Å². The maximum absolute atomic E-state index is 9.95. The third kappa shape index (κ3) is 3.95. The van der Waals surface area contributed by atoms with Crippen molar-refractivity contribution in [3.8, 4) is 0 Å². The van der Waals surface area contributed by atoms with Crippen molar-refractivity contribution in [1.82, 2.24) is 0 Å². The molecule has 0 saturated heterocycles. The van der Waals surface area contributed by atoms with Gasteiger partial charge in [0.2, 0.25) is 0 Å². The quantitative estimate of drug-likeness (QED) is 0.850. The summed E-state index contributed by atoms with van der Waals surface area (Å²) in [5.74, 6) is 1.32. The van der Waals surface area contributed by atoms with Crippen LogP contribution >= 0.6 is 23.4 Å². The van der Waals surface area contributed by atoms with Crippen molar-refractivity contribution in [2.45, 2.75) is 23.8 Å². The van der Waals surface area contributed by atoms with Gasteiger partial charge in [-0.3, -0.25) is 0 Å². The van der Waals surface area contributed by atoms with E-state index in [1.54, 1.807) is 11.8 Å². The molecule has 1 unspecified atom stereocenters. The smallest absolute Gasteiger partial charge is 0.121 e. The summed E-state index contributed by atoms with van der Waals surface area (Å²) in [6, 6.07) is 7.62. The SMILES string of the molecule is OC(CSc1ccc(Cl)cc1)C1=CCCCO1. The maximum Gasteiger partial charge on any atom is 0.121 e. The molecule has 0 aromatic heterocycles. The van der Waals surface area contributed by atoms with Crippen molar-refractivity contribution in [1.29, 1.82) is 0 Å². The van der Waals surface area contributed by atoms with Gasteiger partial charge in [-0.05, 0) is 43.2 Å². The Morgan fingerprint density at radius 3 is 2.76 bits per heavy atom. The van der Waals surface area contributed by atoms with Gasteiger partial charge in [-0.2, -0.15) is 0 Å². The molecule has 0 radical (unpaired) electrons. The molecule has 0 amide bonds. The minimum atomic E-state index is -0.518. The van der Waals surface area contributed by atoms with Crippen LogP contribution in [0.5, 0.6) is 0 Å². The fraction of sp³-hybridized carbons (Fsp3) is 0.385. The maximum atomic E-state index is 9.95. The summed E-state index contributed by atoms with van der Waals surface area (Å²) in [4.78, 5) is 1.10. The molecule has 92 valence electrons. The van der Waals surface area contributed by atoms with Crippen molar-refractivity contribution in [2.75, 3.05) is 12.4 Å². The van der Waals surface area contributed by atoms with Crippen molar-refractivity contribution < 1.29 is 9.84 Å². The molecule has 1 N–H and O–H groups in total. The van der Waals surface area contributed by atoms with E-state index in [4.69, 9.17) is 16.3 Å². The number of aliphatic hydroxyl groups is 1. The second-order valence-electron chi connectivity index (χ2n) is 3.88. The molecule has 1 heterocycles. The zero-order valence-electron chi connectivity index (χ0n) is 9.43. The molecule has 2 nitrogen and oxygen atoms in total. The van der Waals surface area contributed by atoms with Crippen LogP contribution in [0.4, 0.5) is 0 Å². The van der Waals surface area contributed by atoms with Crippen LogP contribution in [-0.2, 0) is 4.74 Å². The highest BCUT2D eigenvalue weighted by molar-refractivity contribution is 7.99. The number of hydrogen-bond acceptors (Lipinski definition) is 3. The predicted octanol–water partition coefficient (Wildman–Crippen LogP) is 3.49. The standard InChI is InChI=1S/C13H15ClO2S/c14-10-4-6-11(7-5-10)17-9-12(15)13-3-1-2-8-16-13/h3-7,12,15H,1-2,8-9H2. The van der Waals surface area contributed by atoms with Gasteiger partial charge >= 0.3 is 0 Å². The van der Waals surface area contributed by atoms with Crippen molar-refractivity contribution in [2.24, 2.45) is 0 Å². The Morgan fingerprint density at radius 1 is 1.35 bits per heavy atom. The van der Waals surface area contributed by atoms with Gasteiger partial charge in [0.1, 0.15) is 11.9 Å². The molecule has 1 aromatic rings. The van der Waals surface area contributed by atoms with Gasteiger partial charge in [0.05, 0.1) is 6.61 Å². The number of halogens is 1. The topological polar surface area (TPSA) is 29.5 Å². The normalized spacial score (nSPS) is 17.2. The second kappa shape index (κ2) is 6.34. The van der Waals surface area contributed by atoms with Gasteiger partial charge in [-0.15, -0.1) is 11.8 Å². The van der Waals surface area contributed by atoms with E-state index >= 15 is 0 Å². The van der Waals surface area contributed by atoms with Gasteiger partial charge in [-0.25, -0.2) is 0 Å². The summed E-state index contributed by atoms with van der Waals surface area (Å²) < 4.78 is 5.42. The molecule has 17 heavy (non-hydrogen) atoms. The number of aliphatic hydroxyl groups excluding tert-OH is 1. The van der Waals surface area contributed by atoms with Crippen LogP contribution in [0.2, 0.25) is 5.02 Å². The fourth-order valence-corrected chi connectivity index (χ4v) is 2.57. The Balaban J connectivity index is 1.85. The predicted molar refractivity (Wildman–Crippen MR) is 71.5 cm³/mol. The molecule has 0 fully saturated rings. The van der Waals surface area contributed by atoms with E-state index < -0.39 is 6.10 Å². The fourth-order valence-electron chi connectivity index (χ4n) is 1.60. The molecular formula is C13H15ClO2S. The summed E-state index contributed by atoms with van der Waals surface area (Å²) in [7, 11) is 0. The average Bonchev–Trinajstić information content (AvgIpc) is 2.39. The monoisotopic (exact) mass is 270 g/mol. The minimum Gasteiger partial charge on any atom is -0.495 e. The first kappa shape index (κ1) is 12.8. The lowest BCUT2D eigenvalue weighted by Gasteiger charge is -2.19. The zero-order valence-corrected chi connectivity index (χ0v) is 11.0. The number of allylic oxidation sites excluding steroid dienone is 1. The Morgan fingerprint density at radius 2 is 2.12 bits per heavy atom. The molecule has 0 bridgehead atoms. The van der Waals surface area contributed by atoms with E-state index in [0.29, 0.717) is 12.4 Å². The van der Waals surface area contributed by atoms with E-state index in [0.717, 1.165) is 28.5 Å². The average molecular weight is 271 g/mol. The van der Waals surface area contributed by atoms with E-state index in [1.165, 1.54) is 0 Å². The molecule has 0 aliphatic carbocycles. The molecule has 1 aliphatic heterocycles. The van der Waals surface area contributed by atoms with E-state index in [9.17, 15) is 5.11 Å². The first-order chi connectivity index (χ1) is 8.25. The van der Waals surface area contributed by atoms with Crippen molar-refractivity contribution in [3.05, 3.63) is 41.1 Å². The number of ether oxygens (including phenoxy) is 1. The largest absolute Gasteiger partial charge is 0.495 e. The van der Waals surface area contributed by atoms with Crippen LogP contribution in [0.3, 0.4) is 0 Å². The highest BCUT2D eigenvalue weighted by Gasteiger charge is 2.15. The molecule has 1 atom stereocenters. The highest BCUT2D eigenvalue weighted by Crippen LogP contribution is 2.24. The third-order valence-electron chi connectivity index (χ3n) is 2.51. The molecule has 0 saturated carbocycles. The lowest BCUT2D eigenvalue weighted by atomic mass is 10.2. The van der Waals surface area contributed by atoms with E-state index in [1.807, 2.05) is 30.3 Å². The molecule has 2 rings (SSSR count). The minimum absolute atomic E-state index is 0.518. The van der Waals surface area contributed by atoms with Crippen molar-refractivity contribution in [3.63, 3.8) is 0 Å². The lowest BCUT2D eigenvalue weighted by molar-refractivity contribution is 0.104. The van der Waals surface area contributed by atoms with Gasteiger partial charge in [0, 0.05) is 15.7 Å². The lowest BCUT2D eigenvalue weighted by Crippen LogP contribution is -2.18.